The third-order valence-corrected chi connectivity index (χ3v) is 1.77. The van der Waals surface area contributed by atoms with Gasteiger partial charge in [-0.15, -0.1) is 0 Å². The number of aryl methyl sites for hydroxylation is 1. The first kappa shape index (κ1) is 7.32. The van der Waals surface area contributed by atoms with Crippen LogP contribution in [-0.2, 0) is 0 Å². The predicted octanol–water partition coefficient (Wildman–Crippen LogP) is 1.65. The summed E-state index contributed by atoms with van der Waals surface area (Å²) in [6.45, 7) is 6.12. The summed E-state index contributed by atoms with van der Waals surface area (Å²) in [5.74, 6) is 2.00. The standard InChI is InChI=1S/C8H11BO/c1-6-4-5-9-8(10-3)7(6)2/h4-5H,1-3H3. The van der Waals surface area contributed by atoms with E-state index in [0.29, 0.717) is 0 Å². The molecule has 0 bridgehead atoms. The molecular formula is C8H11BO. The zero-order chi connectivity index (χ0) is 7.56. The Morgan fingerprint density at radius 3 is 2.60 bits per heavy atom. The van der Waals surface area contributed by atoms with Crippen LogP contribution in [0.15, 0.2) is 12.0 Å². The van der Waals surface area contributed by atoms with Gasteiger partial charge in [-0.3, -0.25) is 0 Å². The summed E-state index contributed by atoms with van der Waals surface area (Å²) < 4.78 is 5.13. The number of hydrogen-bond donors (Lipinski definition) is 0. The monoisotopic (exact) mass is 134 g/mol. The Labute approximate surface area is 62.2 Å². The summed E-state index contributed by atoms with van der Waals surface area (Å²) >= 11 is 0. The van der Waals surface area contributed by atoms with Gasteiger partial charge in [0.05, 0.1) is 0 Å². The second-order valence-electron chi connectivity index (χ2n) is 2.40. The molecule has 0 fully saturated rings. The number of hydrogen-bond acceptors (Lipinski definition) is 1. The van der Waals surface area contributed by atoms with E-state index in [4.69, 9.17) is 4.74 Å². The molecule has 52 valence electrons. The van der Waals surface area contributed by atoms with Crippen molar-refractivity contribution >= 4 is 6.91 Å². The average Bonchev–Trinajstić information content (AvgIpc) is 1.95. The molecule has 1 heterocycles. The topological polar surface area (TPSA) is 9.23 Å². The van der Waals surface area contributed by atoms with E-state index < -0.39 is 0 Å². The third-order valence-electron chi connectivity index (χ3n) is 1.77. The fraction of sp³-hybridized carbons (Fsp3) is 0.375. The maximum atomic E-state index is 5.13. The van der Waals surface area contributed by atoms with Gasteiger partial charge >= 0.3 is 61.4 Å². The number of ether oxygens (including phenoxy) is 1. The Kier molecular flexibility index (Phi) is 2.10. The van der Waals surface area contributed by atoms with Crippen LogP contribution in [0.3, 0.4) is 0 Å². The zero-order valence-electron chi connectivity index (χ0n) is 6.64. The zero-order valence-corrected chi connectivity index (χ0v) is 6.64. The van der Waals surface area contributed by atoms with Crippen molar-refractivity contribution in [2.24, 2.45) is 0 Å². The van der Waals surface area contributed by atoms with E-state index in [2.05, 4.69) is 19.9 Å². The van der Waals surface area contributed by atoms with Crippen LogP contribution >= 0.6 is 0 Å². The van der Waals surface area contributed by atoms with Gasteiger partial charge < -0.3 is 0 Å². The SMILES string of the molecule is COc1bccc(C)c1C. The van der Waals surface area contributed by atoms with Crippen molar-refractivity contribution in [1.82, 2.24) is 0 Å². The normalized spacial score (nSPS) is 9.10. The molecular weight excluding hydrogens is 123 g/mol. The molecule has 0 aliphatic heterocycles. The van der Waals surface area contributed by atoms with Gasteiger partial charge in [0.1, 0.15) is 0 Å². The van der Waals surface area contributed by atoms with Crippen LogP contribution in [0.5, 0.6) is 5.64 Å². The second kappa shape index (κ2) is 2.87. The molecule has 2 heteroatoms. The van der Waals surface area contributed by atoms with Crippen LogP contribution in [0.1, 0.15) is 11.1 Å². The minimum absolute atomic E-state index is 0.972. The number of methoxy groups -OCH3 is 1. The van der Waals surface area contributed by atoms with Crippen LogP contribution in [0, 0.1) is 13.8 Å². The fourth-order valence-corrected chi connectivity index (χ4v) is 0.945. The molecule has 0 N–H and O–H groups in total. The summed E-state index contributed by atoms with van der Waals surface area (Å²) in [7, 11) is 1.70. The van der Waals surface area contributed by atoms with Crippen molar-refractivity contribution in [3.05, 3.63) is 23.2 Å². The summed E-state index contributed by atoms with van der Waals surface area (Å²) in [6.07, 6.45) is 0. The van der Waals surface area contributed by atoms with E-state index in [1.165, 1.54) is 11.1 Å². The van der Waals surface area contributed by atoms with Crippen molar-refractivity contribution in [2.45, 2.75) is 13.8 Å². The first-order valence-corrected chi connectivity index (χ1v) is 3.36. The Bertz CT molecular complexity index is 233. The van der Waals surface area contributed by atoms with E-state index in [1.54, 1.807) is 7.11 Å². The van der Waals surface area contributed by atoms with Crippen molar-refractivity contribution in [2.75, 3.05) is 7.11 Å². The molecule has 0 saturated heterocycles. The molecule has 1 nitrogen and oxygen atoms in total. The molecule has 0 atom stereocenters. The first-order valence-electron chi connectivity index (χ1n) is 3.36. The van der Waals surface area contributed by atoms with Crippen molar-refractivity contribution in [3.8, 4) is 5.64 Å². The van der Waals surface area contributed by atoms with Gasteiger partial charge in [0.15, 0.2) is 0 Å². The van der Waals surface area contributed by atoms with E-state index in [-0.39, 0.29) is 0 Å². The third kappa shape index (κ3) is 1.20. The summed E-state index contributed by atoms with van der Waals surface area (Å²) in [6, 6.07) is 2.08. The Morgan fingerprint density at radius 2 is 2.10 bits per heavy atom. The fourth-order valence-electron chi connectivity index (χ4n) is 0.945. The van der Waals surface area contributed by atoms with E-state index in [1.807, 2.05) is 12.9 Å². The van der Waals surface area contributed by atoms with Crippen molar-refractivity contribution in [3.63, 3.8) is 0 Å². The van der Waals surface area contributed by atoms with E-state index in [9.17, 15) is 0 Å². The van der Waals surface area contributed by atoms with Crippen LogP contribution in [0.25, 0.3) is 0 Å². The van der Waals surface area contributed by atoms with Gasteiger partial charge in [-0.2, -0.15) is 0 Å². The summed E-state index contributed by atoms with van der Waals surface area (Å²) in [5, 5.41) is 0. The van der Waals surface area contributed by atoms with Crippen LogP contribution in [-0.4, -0.2) is 14.0 Å². The van der Waals surface area contributed by atoms with E-state index >= 15 is 0 Å². The molecule has 0 aromatic carbocycles. The molecule has 0 radical (unpaired) electrons. The van der Waals surface area contributed by atoms with Crippen LogP contribution in [0.2, 0.25) is 0 Å². The molecule has 10 heavy (non-hydrogen) atoms. The molecule has 0 spiro atoms. The first-order chi connectivity index (χ1) is 4.75. The van der Waals surface area contributed by atoms with Gasteiger partial charge in [-0.05, 0) is 0 Å². The molecule has 0 aliphatic rings. The second-order valence-corrected chi connectivity index (χ2v) is 2.40. The van der Waals surface area contributed by atoms with Crippen molar-refractivity contribution in [1.29, 1.82) is 0 Å². The van der Waals surface area contributed by atoms with E-state index in [0.717, 1.165) is 5.64 Å². The summed E-state index contributed by atoms with van der Waals surface area (Å²) in [4.78, 5) is 0. The van der Waals surface area contributed by atoms with Gasteiger partial charge in [0.2, 0.25) is 0 Å². The molecule has 1 aromatic rings. The van der Waals surface area contributed by atoms with Gasteiger partial charge in [-0.1, -0.05) is 0 Å². The average molecular weight is 134 g/mol. The van der Waals surface area contributed by atoms with Crippen LogP contribution < -0.4 is 4.74 Å². The molecule has 1 rings (SSSR count). The van der Waals surface area contributed by atoms with Crippen molar-refractivity contribution < 1.29 is 4.74 Å². The van der Waals surface area contributed by atoms with Gasteiger partial charge in [0.25, 0.3) is 0 Å². The Hall–Kier alpha value is -0.785. The molecule has 1 aromatic heterocycles. The molecule has 0 saturated carbocycles. The Morgan fingerprint density at radius 1 is 1.40 bits per heavy atom. The quantitative estimate of drug-likeness (QED) is 0.567. The van der Waals surface area contributed by atoms with Crippen LogP contribution in [0.4, 0.5) is 0 Å². The van der Waals surface area contributed by atoms with Gasteiger partial charge in [0, 0.05) is 0 Å². The molecule has 0 amide bonds. The minimum atomic E-state index is 0.972. The number of rotatable bonds is 1. The summed E-state index contributed by atoms with van der Waals surface area (Å²) in [5.41, 5.74) is 3.48. The Balaban J connectivity index is 3.14. The molecule has 0 unspecified atom stereocenters. The van der Waals surface area contributed by atoms with Gasteiger partial charge in [-0.25, -0.2) is 0 Å². The maximum absolute atomic E-state index is 5.13. The predicted molar refractivity (Wildman–Crippen MR) is 43.8 cm³/mol. The molecule has 0 aliphatic carbocycles.